The van der Waals surface area contributed by atoms with Crippen LogP contribution in [0.5, 0.6) is 0 Å². The summed E-state index contributed by atoms with van der Waals surface area (Å²) in [5.41, 5.74) is 2.05. The van der Waals surface area contributed by atoms with E-state index in [9.17, 15) is 0 Å². The zero-order valence-electron chi connectivity index (χ0n) is 12.6. The van der Waals surface area contributed by atoms with Crippen molar-refractivity contribution >= 4 is 0 Å². The van der Waals surface area contributed by atoms with E-state index >= 15 is 0 Å². The molecular weight excluding hydrogens is 232 g/mol. The molecule has 0 radical (unpaired) electrons. The van der Waals surface area contributed by atoms with Crippen LogP contribution in [-0.2, 0) is 0 Å². The molecule has 0 spiro atoms. The van der Waals surface area contributed by atoms with Gasteiger partial charge in [0.05, 0.1) is 5.69 Å². The summed E-state index contributed by atoms with van der Waals surface area (Å²) in [6.07, 6.45) is 6.08. The van der Waals surface area contributed by atoms with E-state index in [1.807, 2.05) is 12.3 Å². The van der Waals surface area contributed by atoms with Crippen molar-refractivity contribution in [1.29, 1.82) is 0 Å². The maximum Gasteiger partial charge on any atom is 0.0570 e. The molecule has 1 heterocycles. The van der Waals surface area contributed by atoms with Gasteiger partial charge >= 0.3 is 0 Å². The van der Waals surface area contributed by atoms with Gasteiger partial charge in [-0.15, -0.1) is 0 Å². The van der Waals surface area contributed by atoms with Gasteiger partial charge in [-0.3, -0.25) is 4.98 Å². The van der Waals surface area contributed by atoms with Crippen LogP contribution >= 0.6 is 0 Å². The van der Waals surface area contributed by atoms with Crippen LogP contribution in [0.15, 0.2) is 24.4 Å². The number of fused-ring (bicyclic) bond motifs is 2. The predicted molar refractivity (Wildman–Crippen MR) is 78.8 cm³/mol. The van der Waals surface area contributed by atoms with Gasteiger partial charge in [0.25, 0.3) is 0 Å². The number of aromatic nitrogens is 1. The topological polar surface area (TPSA) is 24.9 Å². The summed E-state index contributed by atoms with van der Waals surface area (Å²) >= 11 is 0. The largest absolute Gasteiger partial charge is 0.305 e. The standard InChI is InChI=1S/C17H26N2/c1-12(14-7-5-6-10-18-14)19-15-16(2,3)13-8-9-17(15,4)11-13/h5-7,10,12-13,15,19H,8-9,11H2,1-4H3/t12?,13-,15?,17+/m0/s1. The second kappa shape index (κ2) is 4.31. The quantitative estimate of drug-likeness (QED) is 0.888. The van der Waals surface area contributed by atoms with Crippen molar-refractivity contribution in [3.8, 4) is 0 Å². The average molecular weight is 258 g/mol. The van der Waals surface area contributed by atoms with Gasteiger partial charge in [0.15, 0.2) is 0 Å². The fourth-order valence-corrected chi connectivity index (χ4v) is 4.69. The van der Waals surface area contributed by atoms with E-state index in [2.05, 4.69) is 50.1 Å². The molecule has 2 aliphatic rings. The first-order valence-corrected chi connectivity index (χ1v) is 7.60. The Kier molecular flexibility index (Phi) is 2.97. The van der Waals surface area contributed by atoms with Crippen molar-refractivity contribution in [2.24, 2.45) is 16.7 Å². The van der Waals surface area contributed by atoms with Gasteiger partial charge in [-0.25, -0.2) is 0 Å². The van der Waals surface area contributed by atoms with Gasteiger partial charge in [-0.2, -0.15) is 0 Å². The van der Waals surface area contributed by atoms with Gasteiger partial charge in [-0.1, -0.05) is 26.8 Å². The van der Waals surface area contributed by atoms with Crippen LogP contribution in [0.4, 0.5) is 0 Å². The minimum atomic E-state index is 0.335. The number of nitrogens with zero attached hydrogens (tertiary/aromatic N) is 1. The van der Waals surface area contributed by atoms with E-state index in [-0.39, 0.29) is 0 Å². The molecular formula is C17H26N2. The Hall–Kier alpha value is -0.890. The molecule has 2 nitrogen and oxygen atoms in total. The molecule has 0 aromatic carbocycles. The highest BCUT2D eigenvalue weighted by atomic mass is 15.0. The van der Waals surface area contributed by atoms with Crippen LogP contribution in [-0.4, -0.2) is 11.0 Å². The molecule has 2 bridgehead atoms. The van der Waals surface area contributed by atoms with E-state index in [1.165, 1.54) is 19.3 Å². The highest BCUT2D eigenvalue weighted by Crippen LogP contribution is 2.62. The van der Waals surface area contributed by atoms with E-state index in [0.29, 0.717) is 22.9 Å². The van der Waals surface area contributed by atoms with Gasteiger partial charge < -0.3 is 5.32 Å². The Morgan fingerprint density at radius 2 is 2.11 bits per heavy atom. The van der Waals surface area contributed by atoms with E-state index in [1.54, 1.807) is 0 Å². The molecule has 0 aliphatic heterocycles. The van der Waals surface area contributed by atoms with E-state index in [4.69, 9.17) is 0 Å². The Bertz CT molecular complexity index is 449. The number of hydrogen-bond acceptors (Lipinski definition) is 2. The third-order valence-corrected chi connectivity index (χ3v) is 5.82. The molecule has 2 fully saturated rings. The molecule has 3 rings (SSSR count). The molecule has 1 aromatic heterocycles. The van der Waals surface area contributed by atoms with Crippen molar-refractivity contribution in [1.82, 2.24) is 10.3 Å². The normalized spacial score (nSPS) is 37.5. The van der Waals surface area contributed by atoms with Crippen LogP contribution in [0.1, 0.15) is 58.7 Å². The molecule has 0 amide bonds. The molecule has 0 saturated heterocycles. The summed E-state index contributed by atoms with van der Waals surface area (Å²) in [6.45, 7) is 9.62. The third-order valence-electron chi connectivity index (χ3n) is 5.82. The van der Waals surface area contributed by atoms with Gasteiger partial charge in [-0.05, 0) is 55.1 Å². The molecule has 2 saturated carbocycles. The molecule has 19 heavy (non-hydrogen) atoms. The Labute approximate surface area is 117 Å². The lowest BCUT2D eigenvalue weighted by atomic mass is 9.68. The van der Waals surface area contributed by atoms with Gasteiger partial charge in [0, 0.05) is 18.3 Å². The number of hydrogen-bond donors (Lipinski definition) is 1. The Morgan fingerprint density at radius 1 is 1.32 bits per heavy atom. The smallest absolute Gasteiger partial charge is 0.0570 e. The van der Waals surface area contributed by atoms with Crippen LogP contribution in [0.25, 0.3) is 0 Å². The lowest BCUT2D eigenvalue weighted by Gasteiger charge is -2.44. The van der Waals surface area contributed by atoms with E-state index < -0.39 is 0 Å². The number of rotatable bonds is 3. The molecule has 2 aliphatic carbocycles. The molecule has 1 aromatic rings. The summed E-state index contributed by atoms with van der Waals surface area (Å²) < 4.78 is 0. The van der Waals surface area contributed by atoms with Crippen molar-refractivity contribution < 1.29 is 0 Å². The first-order valence-electron chi connectivity index (χ1n) is 7.60. The fourth-order valence-electron chi connectivity index (χ4n) is 4.69. The lowest BCUT2D eigenvalue weighted by Crippen LogP contribution is -2.51. The number of pyridine rings is 1. The van der Waals surface area contributed by atoms with Gasteiger partial charge in [0.1, 0.15) is 0 Å². The fraction of sp³-hybridized carbons (Fsp3) is 0.706. The van der Waals surface area contributed by atoms with Crippen molar-refractivity contribution in [3.63, 3.8) is 0 Å². The van der Waals surface area contributed by atoms with Gasteiger partial charge in [0.2, 0.25) is 0 Å². The molecule has 2 heteroatoms. The second-order valence-electron chi connectivity index (χ2n) is 7.49. The maximum absolute atomic E-state index is 4.49. The highest BCUT2D eigenvalue weighted by Gasteiger charge is 2.59. The van der Waals surface area contributed by atoms with Crippen molar-refractivity contribution in [3.05, 3.63) is 30.1 Å². The summed E-state index contributed by atoms with van der Waals surface area (Å²) in [5.74, 6) is 0.894. The first kappa shape index (κ1) is 13.1. The summed E-state index contributed by atoms with van der Waals surface area (Å²) in [6, 6.07) is 7.13. The molecule has 2 unspecified atom stereocenters. The summed E-state index contributed by atoms with van der Waals surface area (Å²) in [7, 11) is 0. The Morgan fingerprint density at radius 3 is 2.68 bits per heavy atom. The third kappa shape index (κ3) is 2.01. The molecule has 1 N–H and O–H groups in total. The minimum absolute atomic E-state index is 0.335. The monoisotopic (exact) mass is 258 g/mol. The van der Waals surface area contributed by atoms with Crippen LogP contribution in [0.2, 0.25) is 0 Å². The van der Waals surface area contributed by atoms with Crippen LogP contribution in [0, 0.1) is 16.7 Å². The molecule has 4 atom stereocenters. The SMILES string of the molecule is CC(NC1C(C)(C)[C@H]2CC[C@]1(C)C2)c1ccccn1. The van der Waals surface area contributed by atoms with Crippen molar-refractivity contribution in [2.45, 2.75) is 59.0 Å². The Balaban J connectivity index is 1.80. The minimum Gasteiger partial charge on any atom is -0.305 e. The lowest BCUT2D eigenvalue weighted by molar-refractivity contribution is 0.0998. The highest BCUT2D eigenvalue weighted by molar-refractivity contribution is 5.15. The maximum atomic E-state index is 4.49. The molecule has 104 valence electrons. The summed E-state index contributed by atoms with van der Waals surface area (Å²) in [4.78, 5) is 4.49. The van der Waals surface area contributed by atoms with Crippen LogP contribution in [0.3, 0.4) is 0 Å². The van der Waals surface area contributed by atoms with Crippen molar-refractivity contribution in [2.75, 3.05) is 0 Å². The zero-order valence-corrected chi connectivity index (χ0v) is 12.6. The predicted octanol–water partition coefficient (Wildman–Crippen LogP) is 3.95. The zero-order chi connectivity index (χ0) is 13.7. The average Bonchev–Trinajstić information content (AvgIpc) is 2.87. The first-order chi connectivity index (χ1) is 8.93. The van der Waals surface area contributed by atoms with Crippen LogP contribution < -0.4 is 5.32 Å². The van der Waals surface area contributed by atoms with E-state index in [0.717, 1.165) is 11.6 Å². The second-order valence-corrected chi connectivity index (χ2v) is 7.49. The number of nitrogens with one attached hydrogen (secondary N) is 1. The summed E-state index contributed by atoms with van der Waals surface area (Å²) in [5, 5.41) is 3.89.